The first-order valence-corrected chi connectivity index (χ1v) is 5.21. The fourth-order valence-corrected chi connectivity index (χ4v) is 1.33. The Labute approximate surface area is 99.1 Å². The number of benzene rings is 1. The van der Waals surface area contributed by atoms with Gasteiger partial charge in [0, 0.05) is 24.7 Å². The van der Waals surface area contributed by atoms with Crippen molar-refractivity contribution in [1.82, 2.24) is 0 Å². The summed E-state index contributed by atoms with van der Waals surface area (Å²) >= 11 is 0. The van der Waals surface area contributed by atoms with Crippen LogP contribution in [0.2, 0.25) is 0 Å². The van der Waals surface area contributed by atoms with Crippen LogP contribution in [0.25, 0.3) is 0 Å². The minimum Gasteiger partial charge on any atom is -0.494 e. The van der Waals surface area contributed by atoms with Gasteiger partial charge in [-0.3, -0.25) is 0 Å². The molecule has 0 fully saturated rings. The number of nitrogens with one attached hydrogen (secondary N) is 1. The third-order valence-electron chi connectivity index (χ3n) is 2.22. The molecule has 0 aliphatic carbocycles. The Hall–Kier alpha value is -1.98. The highest BCUT2D eigenvalue weighted by molar-refractivity contribution is 5.79. The van der Waals surface area contributed by atoms with E-state index in [1.165, 1.54) is 13.2 Å². The number of hydrogen-bond donors (Lipinski definition) is 3. The molecular formula is C11H16FN3O2. The van der Waals surface area contributed by atoms with E-state index in [0.29, 0.717) is 25.1 Å². The van der Waals surface area contributed by atoms with Crippen LogP contribution in [0.5, 0.6) is 5.75 Å². The smallest absolute Gasteiger partial charge is 0.167 e. The number of rotatable bonds is 6. The number of ether oxygens (including phenoxy) is 1. The van der Waals surface area contributed by atoms with Crippen molar-refractivity contribution in [2.45, 2.75) is 12.8 Å². The van der Waals surface area contributed by atoms with E-state index in [2.05, 4.69) is 10.5 Å². The minimum absolute atomic E-state index is 0.188. The normalized spacial score (nSPS) is 11.3. The summed E-state index contributed by atoms with van der Waals surface area (Å²) in [6.07, 6.45) is 1.19. The highest BCUT2D eigenvalue weighted by Crippen LogP contribution is 2.20. The topological polar surface area (TPSA) is 79.9 Å². The van der Waals surface area contributed by atoms with Crippen molar-refractivity contribution in [3.8, 4) is 5.75 Å². The van der Waals surface area contributed by atoms with E-state index in [1.54, 1.807) is 12.1 Å². The van der Waals surface area contributed by atoms with Gasteiger partial charge in [0.25, 0.3) is 0 Å². The lowest BCUT2D eigenvalue weighted by Gasteiger charge is -2.07. The minimum atomic E-state index is -0.408. The highest BCUT2D eigenvalue weighted by Gasteiger charge is 2.02. The summed E-state index contributed by atoms with van der Waals surface area (Å²) in [6, 6.07) is 4.65. The van der Waals surface area contributed by atoms with E-state index < -0.39 is 5.82 Å². The van der Waals surface area contributed by atoms with Crippen molar-refractivity contribution in [3.05, 3.63) is 24.0 Å². The first kappa shape index (κ1) is 13.1. The summed E-state index contributed by atoms with van der Waals surface area (Å²) in [5.41, 5.74) is 5.98. The molecule has 1 rings (SSSR count). The maximum atomic E-state index is 13.3. The Bertz CT molecular complexity index is 396. The second-order valence-electron chi connectivity index (χ2n) is 3.47. The molecule has 0 radical (unpaired) electrons. The number of hydrogen-bond acceptors (Lipinski definition) is 4. The van der Waals surface area contributed by atoms with Crippen molar-refractivity contribution in [2.24, 2.45) is 10.9 Å². The Morgan fingerprint density at radius 3 is 2.94 bits per heavy atom. The Kier molecular flexibility index (Phi) is 5.06. The molecule has 1 aromatic rings. The first-order chi connectivity index (χ1) is 8.17. The molecule has 0 spiro atoms. The molecule has 1 aromatic carbocycles. The van der Waals surface area contributed by atoms with Crippen molar-refractivity contribution in [1.29, 1.82) is 0 Å². The van der Waals surface area contributed by atoms with Gasteiger partial charge in [-0.2, -0.15) is 0 Å². The molecule has 0 heterocycles. The maximum Gasteiger partial charge on any atom is 0.167 e. The third kappa shape index (κ3) is 4.18. The van der Waals surface area contributed by atoms with Crippen LogP contribution in [0, 0.1) is 5.82 Å². The molecule has 0 atom stereocenters. The average Bonchev–Trinajstić information content (AvgIpc) is 2.34. The Morgan fingerprint density at radius 1 is 1.59 bits per heavy atom. The molecule has 0 aromatic heterocycles. The van der Waals surface area contributed by atoms with E-state index in [-0.39, 0.29) is 11.6 Å². The van der Waals surface area contributed by atoms with Crippen LogP contribution >= 0.6 is 0 Å². The Morgan fingerprint density at radius 2 is 2.35 bits per heavy atom. The number of nitrogens with two attached hydrogens (primary N) is 1. The van der Waals surface area contributed by atoms with Crippen molar-refractivity contribution < 1.29 is 14.3 Å². The summed E-state index contributed by atoms with van der Waals surface area (Å²) < 4.78 is 18.1. The van der Waals surface area contributed by atoms with E-state index in [0.717, 1.165) is 0 Å². The summed E-state index contributed by atoms with van der Waals surface area (Å²) in [5, 5.41) is 14.2. The maximum absolute atomic E-state index is 13.3. The van der Waals surface area contributed by atoms with Gasteiger partial charge in [0.1, 0.15) is 5.84 Å². The molecule has 4 N–H and O–H groups in total. The lowest BCUT2D eigenvalue weighted by atomic mass is 10.2. The van der Waals surface area contributed by atoms with Gasteiger partial charge in [-0.05, 0) is 18.6 Å². The summed E-state index contributed by atoms with van der Waals surface area (Å²) in [5.74, 6) is -0.00569. The van der Waals surface area contributed by atoms with Crippen LogP contribution in [-0.4, -0.2) is 24.7 Å². The van der Waals surface area contributed by atoms with Gasteiger partial charge >= 0.3 is 0 Å². The van der Waals surface area contributed by atoms with Gasteiger partial charge in [0.05, 0.1) is 7.11 Å². The molecular weight excluding hydrogens is 225 g/mol. The fraction of sp³-hybridized carbons (Fsp3) is 0.364. The summed E-state index contributed by atoms with van der Waals surface area (Å²) in [4.78, 5) is 0. The van der Waals surface area contributed by atoms with Crippen molar-refractivity contribution >= 4 is 11.5 Å². The van der Waals surface area contributed by atoms with E-state index in [4.69, 9.17) is 15.7 Å². The fourth-order valence-electron chi connectivity index (χ4n) is 1.33. The van der Waals surface area contributed by atoms with Gasteiger partial charge in [0.15, 0.2) is 11.6 Å². The molecule has 0 aliphatic heterocycles. The zero-order chi connectivity index (χ0) is 12.7. The quantitative estimate of drug-likeness (QED) is 0.233. The first-order valence-electron chi connectivity index (χ1n) is 5.21. The van der Waals surface area contributed by atoms with Crippen LogP contribution in [-0.2, 0) is 0 Å². The van der Waals surface area contributed by atoms with E-state index >= 15 is 0 Å². The second kappa shape index (κ2) is 6.57. The van der Waals surface area contributed by atoms with Crippen LogP contribution < -0.4 is 15.8 Å². The molecule has 17 heavy (non-hydrogen) atoms. The predicted octanol–water partition coefficient (Wildman–Crippen LogP) is 1.77. The van der Waals surface area contributed by atoms with Crippen molar-refractivity contribution in [3.63, 3.8) is 0 Å². The second-order valence-corrected chi connectivity index (χ2v) is 3.47. The predicted molar refractivity (Wildman–Crippen MR) is 64.1 cm³/mol. The van der Waals surface area contributed by atoms with E-state index in [1.807, 2.05) is 0 Å². The lowest BCUT2D eigenvalue weighted by molar-refractivity contribution is 0.316. The molecule has 0 aliphatic rings. The zero-order valence-corrected chi connectivity index (χ0v) is 9.61. The number of anilines is 1. The molecule has 0 amide bonds. The Balaban J connectivity index is 2.40. The summed E-state index contributed by atoms with van der Waals surface area (Å²) in [6.45, 7) is 0.613. The monoisotopic (exact) mass is 241 g/mol. The van der Waals surface area contributed by atoms with Crippen LogP contribution in [0.15, 0.2) is 23.4 Å². The van der Waals surface area contributed by atoms with Gasteiger partial charge < -0.3 is 21.0 Å². The molecule has 0 saturated heterocycles. The summed E-state index contributed by atoms with van der Waals surface area (Å²) in [7, 11) is 1.42. The van der Waals surface area contributed by atoms with Crippen molar-refractivity contribution in [2.75, 3.05) is 19.0 Å². The molecule has 0 unspecified atom stereocenters. The van der Waals surface area contributed by atoms with Crippen LogP contribution in [0.1, 0.15) is 12.8 Å². The molecule has 6 heteroatoms. The number of amidine groups is 1. The third-order valence-corrected chi connectivity index (χ3v) is 2.22. The van der Waals surface area contributed by atoms with Crippen LogP contribution in [0.4, 0.5) is 10.1 Å². The van der Waals surface area contributed by atoms with Gasteiger partial charge in [-0.25, -0.2) is 4.39 Å². The average molecular weight is 241 g/mol. The number of halogens is 1. The number of nitrogens with zero attached hydrogens (tertiary/aromatic N) is 1. The number of oxime groups is 1. The van der Waals surface area contributed by atoms with Gasteiger partial charge in [-0.15, -0.1) is 0 Å². The lowest BCUT2D eigenvalue weighted by Crippen LogP contribution is -2.13. The molecule has 0 saturated carbocycles. The SMILES string of the molecule is COc1ccc(NCCCC(N)=NO)cc1F. The largest absolute Gasteiger partial charge is 0.494 e. The van der Waals surface area contributed by atoms with Crippen LogP contribution in [0.3, 0.4) is 0 Å². The van der Waals surface area contributed by atoms with Gasteiger partial charge in [-0.1, -0.05) is 5.16 Å². The number of methoxy groups -OCH3 is 1. The highest BCUT2D eigenvalue weighted by atomic mass is 19.1. The van der Waals surface area contributed by atoms with Gasteiger partial charge in [0.2, 0.25) is 0 Å². The molecule has 94 valence electrons. The van der Waals surface area contributed by atoms with E-state index in [9.17, 15) is 4.39 Å². The standard InChI is InChI=1S/C11H16FN3O2/c1-17-10-5-4-8(7-9(10)12)14-6-2-3-11(13)15-16/h4-5,7,14,16H,2-3,6H2,1H3,(H2,13,15). The zero-order valence-electron chi connectivity index (χ0n) is 9.61. The molecule has 0 bridgehead atoms. The molecule has 5 nitrogen and oxygen atoms in total.